The molecular weight excluding hydrogens is 612 g/mol. The molecule has 0 bridgehead atoms. The second kappa shape index (κ2) is 37.1. The van der Waals surface area contributed by atoms with Gasteiger partial charge in [0.25, 0.3) is 0 Å². The quantitative estimate of drug-likeness (QED) is 0.0391. The van der Waals surface area contributed by atoms with Gasteiger partial charge in [-0.05, 0) is 70.6 Å². The lowest BCUT2D eigenvalue weighted by atomic mass is 10.0. The molecule has 0 amide bonds. The van der Waals surface area contributed by atoms with Crippen molar-refractivity contribution in [1.82, 2.24) is 0 Å². The highest BCUT2D eigenvalue weighted by molar-refractivity contribution is 5.69. The third kappa shape index (κ3) is 40.1. The third-order valence-electron chi connectivity index (χ3n) is 8.51. The van der Waals surface area contributed by atoms with Gasteiger partial charge in [0.05, 0.1) is 6.10 Å². The molecule has 0 fully saturated rings. The monoisotopic (exact) mass is 689 g/mol. The molecule has 0 saturated carbocycles. The molecule has 0 heterocycles. The van der Waals surface area contributed by atoms with Crippen molar-refractivity contribution >= 4 is 11.9 Å². The zero-order chi connectivity index (χ0) is 36.0. The summed E-state index contributed by atoms with van der Waals surface area (Å²) in [5.74, 6) is 0.203. The van der Waals surface area contributed by atoms with E-state index >= 15 is 0 Å². The highest BCUT2D eigenvalue weighted by Crippen LogP contribution is 2.15. The molecule has 0 radical (unpaired) electrons. The van der Waals surface area contributed by atoms with Crippen LogP contribution in [0.2, 0.25) is 0 Å². The van der Waals surface area contributed by atoms with Crippen molar-refractivity contribution in [2.24, 2.45) is 5.92 Å². The van der Waals surface area contributed by atoms with Gasteiger partial charge in [-0.2, -0.15) is 0 Å². The number of aliphatic hydroxyl groups is 2. The van der Waals surface area contributed by atoms with Gasteiger partial charge in [-0.1, -0.05) is 152 Å². The van der Waals surface area contributed by atoms with E-state index in [0.29, 0.717) is 19.3 Å². The van der Waals surface area contributed by atoms with E-state index in [9.17, 15) is 19.8 Å². The van der Waals surface area contributed by atoms with Crippen molar-refractivity contribution in [1.29, 1.82) is 0 Å². The number of allylic oxidation sites excluding steroid dienone is 8. The van der Waals surface area contributed by atoms with Crippen LogP contribution in [0.15, 0.2) is 48.6 Å². The highest BCUT2D eigenvalue weighted by atomic mass is 16.6. The van der Waals surface area contributed by atoms with Crippen molar-refractivity contribution in [3.8, 4) is 0 Å². The minimum absolute atomic E-state index is 0.140. The van der Waals surface area contributed by atoms with Gasteiger partial charge in [0, 0.05) is 12.8 Å². The molecule has 49 heavy (non-hydrogen) atoms. The second-order valence-corrected chi connectivity index (χ2v) is 14.2. The summed E-state index contributed by atoms with van der Waals surface area (Å²) in [7, 11) is 0. The fourth-order valence-corrected chi connectivity index (χ4v) is 5.46. The van der Waals surface area contributed by atoms with Crippen molar-refractivity contribution in [2.45, 2.75) is 193 Å². The average Bonchev–Trinajstić information content (AvgIpc) is 3.07. The Hall–Kier alpha value is -2.18. The largest absolute Gasteiger partial charge is 0.463 e. The molecule has 0 aromatic carbocycles. The Morgan fingerprint density at radius 2 is 0.837 bits per heavy atom. The lowest BCUT2D eigenvalue weighted by Gasteiger charge is -2.12. The molecule has 0 aliphatic rings. The molecular formula is C43H76O6. The van der Waals surface area contributed by atoms with Crippen LogP contribution in [-0.2, 0) is 19.1 Å². The van der Waals surface area contributed by atoms with Crippen LogP contribution in [0.1, 0.15) is 181 Å². The summed E-state index contributed by atoms with van der Waals surface area (Å²) in [6.45, 7) is 6.16. The summed E-state index contributed by atoms with van der Waals surface area (Å²) in [5.41, 5.74) is 0. The van der Waals surface area contributed by atoms with E-state index in [1.807, 2.05) is 6.92 Å². The molecule has 0 unspecified atom stereocenters. The van der Waals surface area contributed by atoms with Gasteiger partial charge in [0.2, 0.25) is 0 Å². The van der Waals surface area contributed by atoms with Crippen molar-refractivity contribution in [3.63, 3.8) is 0 Å². The van der Waals surface area contributed by atoms with Crippen LogP contribution in [0, 0.1) is 5.92 Å². The van der Waals surface area contributed by atoms with E-state index < -0.39 is 6.10 Å². The summed E-state index contributed by atoms with van der Waals surface area (Å²) >= 11 is 0. The topological polar surface area (TPSA) is 93.1 Å². The fraction of sp³-hybridized carbons (Fsp3) is 0.767. The smallest absolute Gasteiger partial charge is 0.305 e. The summed E-state index contributed by atoms with van der Waals surface area (Å²) in [4.78, 5) is 23.9. The number of aliphatic hydroxyl groups excluding tert-OH is 2. The summed E-state index contributed by atoms with van der Waals surface area (Å²) in [6.07, 6.45) is 43.0. The second-order valence-electron chi connectivity index (χ2n) is 14.2. The van der Waals surface area contributed by atoms with Gasteiger partial charge in [-0.25, -0.2) is 0 Å². The normalized spacial score (nSPS) is 13.4. The molecule has 6 heteroatoms. The zero-order valence-electron chi connectivity index (χ0n) is 32.0. The van der Waals surface area contributed by atoms with Crippen molar-refractivity contribution in [2.75, 3.05) is 13.2 Å². The molecule has 0 spiro atoms. The first-order valence-corrected chi connectivity index (χ1v) is 20.1. The number of unbranched alkanes of at least 4 members (excludes halogenated alkanes) is 15. The van der Waals surface area contributed by atoms with E-state index in [-0.39, 0.29) is 31.3 Å². The van der Waals surface area contributed by atoms with E-state index in [1.54, 1.807) is 0 Å². The molecule has 0 aliphatic carbocycles. The minimum atomic E-state index is -0.994. The molecule has 0 aliphatic heterocycles. The number of hydrogen-bond donors (Lipinski definition) is 2. The highest BCUT2D eigenvalue weighted by Gasteiger charge is 2.12. The lowest BCUT2D eigenvalue weighted by Crippen LogP contribution is -2.25. The molecule has 0 aromatic rings. The van der Waals surface area contributed by atoms with Crippen LogP contribution in [0.25, 0.3) is 0 Å². The number of esters is 2. The Balaban J connectivity index is 3.53. The van der Waals surface area contributed by atoms with Crippen LogP contribution < -0.4 is 0 Å². The van der Waals surface area contributed by atoms with Crippen LogP contribution in [0.3, 0.4) is 0 Å². The Morgan fingerprint density at radius 3 is 1.27 bits per heavy atom. The number of carbonyl (C=O) groups excluding carboxylic acids is 2. The number of ether oxygens (including phenoxy) is 2. The van der Waals surface area contributed by atoms with Crippen molar-refractivity contribution in [3.05, 3.63) is 48.6 Å². The Kier molecular flexibility index (Phi) is 35.4. The number of hydrogen-bond acceptors (Lipinski definition) is 6. The predicted octanol–water partition coefficient (Wildman–Crippen LogP) is 11.4. The zero-order valence-corrected chi connectivity index (χ0v) is 32.0. The Bertz CT molecular complexity index is 856. The first-order valence-electron chi connectivity index (χ1n) is 20.1. The maximum atomic E-state index is 12.0. The maximum Gasteiger partial charge on any atom is 0.305 e. The Morgan fingerprint density at radius 1 is 0.469 bits per heavy atom. The van der Waals surface area contributed by atoms with Gasteiger partial charge in [-0.15, -0.1) is 0 Å². The standard InChI is InChI=1S/C43H76O6/c1-39(2)33-29-25-21-17-13-9-7-8-12-16-20-24-28-32-36-43(47)49-38-41(45)37-48-42(46)35-31-27-23-19-15-11-6-4-5-10-14-18-22-26-30-34-40(3)44/h5-6,10-11,18-19,22-23,39-41,44-45H,4,7-9,12-17,20-21,24-38H2,1-3H3/b10-5-,11-6-,22-18-,23-19-/t40-,41-/m1/s1. The molecule has 284 valence electrons. The first kappa shape index (κ1) is 46.8. The third-order valence-corrected chi connectivity index (χ3v) is 8.51. The fourth-order valence-electron chi connectivity index (χ4n) is 5.46. The van der Waals surface area contributed by atoms with Crippen LogP contribution in [0.4, 0.5) is 0 Å². The van der Waals surface area contributed by atoms with E-state index in [0.717, 1.165) is 70.1 Å². The van der Waals surface area contributed by atoms with Crippen LogP contribution in [0.5, 0.6) is 0 Å². The minimum Gasteiger partial charge on any atom is -0.463 e. The van der Waals surface area contributed by atoms with Gasteiger partial charge in [0.15, 0.2) is 0 Å². The number of carbonyl (C=O) groups is 2. The molecule has 2 atom stereocenters. The Labute approximate surface area is 301 Å². The summed E-state index contributed by atoms with van der Waals surface area (Å²) < 4.78 is 10.3. The molecule has 0 saturated heterocycles. The van der Waals surface area contributed by atoms with Crippen LogP contribution in [-0.4, -0.2) is 47.6 Å². The summed E-state index contributed by atoms with van der Waals surface area (Å²) in [6, 6.07) is 0. The van der Waals surface area contributed by atoms with E-state index in [1.165, 1.54) is 77.0 Å². The molecule has 0 aromatic heterocycles. The van der Waals surface area contributed by atoms with E-state index in [2.05, 4.69) is 62.5 Å². The number of rotatable bonds is 35. The first-order chi connectivity index (χ1) is 23.8. The maximum absolute atomic E-state index is 12.0. The SMILES string of the molecule is CC(C)CCCCCCCCCCCCCCCCC(=O)OC[C@H](O)COC(=O)CCC/C=C\C/C=C\C/C=C\C/C=C\CCC[C@@H](C)O. The lowest BCUT2D eigenvalue weighted by molar-refractivity contribution is -0.152. The van der Waals surface area contributed by atoms with Crippen molar-refractivity contribution < 1.29 is 29.3 Å². The average molecular weight is 689 g/mol. The van der Waals surface area contributed by atoms with Gasteiger partial charge >= 0.3 is 11.9 Å². The van der Waals surface area contributed by atoms with Gasteiger partial charge < -0.3 is 19.7 Å². The molecule has 2 N–H and O–H groups in total. The van der Waals surface area contributed by atoms with Gasteiger partial charge in [-0.3, -0.25) is 9.59 Å². The predicted molar refractivity (Wildman–Crippen MR) is 206 cm³/mol. The van der Waals surface area contributed by atoms with Gasteiger partial charge in [0.1, 0.15) is 19.3 Å². The molecule has 0 rings (SSSR count). The van der Waals surface area contributed by atoms with E-state index in [4.69, 9.17) is 9.47 Å². The summed E-state index contributed by atoms with van der Waals surface area (Å²) in [5, 5.41) is 19.2. The molecule has 6 nitrogen and oxygen atoms in total. The van der Waals surface area contributed by atoms with Crippen LogP contribution >= 0.6 is 0 Å².